The average molecular weight is 445 g/mol. The first-order chi connectivity index (χ1) is 14.5. The molecule has 0 saturated carbocycles. The van der Waals surface area contributed by atoms with E-state index in [9.17, 15) is 14.9 Å². The van der Waals surface area contributed by atoms with E-state index in [1.807, 2.05) is 23.6 Å². The largest absolute Gasteiger partial charge is 0.302 e. The first-order valence-corrected chi connectivity index (χ1v) is 10.2. The summed E-state index contributed by atoms with van der Waals surface area (Å²) in [6.07, 6.45) is 1.35. The highest BCUT2D eigenvalue weighted by Crippen LogP contribution is 2.25. The molecule has 0 fully saturated rings. The van der Waals surface area contributed by atoms with Crippen LogP contribution in [0.4, 0.5) is 5.69 Å². The van der Waals surface area contributed by atoms with Crippen LogP contribution in [0.5, 0.6) is 0 Å². The maximum Gasteiger partial charge on any atom is 0.270 e. The number of non-ortho nitro benzene ring substituents is 1. The highest BCUT2D eigenvalue weighted by atomic mass is 35.5. The van der Waals surface area contributed by atoms with Gasteiger partial charge in [0.25, 0.3) is 11.6 Å². The fraction of sp³-hybridized carbons (Fsp3) is 0.158. The molecule has 0 unspecified atom stereocenters. The monoisotopic (exact) mass is 444 g/mol. The van der Waals surface area contributed by atoms with E-state index in [4.69, 9.17) is 11.6 Å². The topological polar surface area (TPSA) is 115 Å². The molecular weight excluding hydrogens is 428 g/mol. The molecule has 9 nitrogen and oxygen atoms in total. The molecule has 30 heavy (non-hydrogen) atoms. The number of hydrogen-bond donors (Lipinski definition) is 1. The molecule has 0 bridgehead atoms. The highest BCUT2D eigenvalue weighted by Gasteiger charge is 2.14. The van der Waals surface area contributed by atoms with Crippen molar-refractivity contribution >= 4 is 41.2 Å². The third-order valence-corrected chi connectivity index (χ3v) is 5.17. The van der Waals surface area contributed by atoms with Gasteiger partial charge in [-0.1, -0.05) is 35.5 Å². The van der Waals surface area contributed by atoms with Crippen molar-refractivity contribution in [1.82, 2.24) is 20.2 Å². The molecule has 0 aliphatic rings. The van der Waals surface area contributed by atoms with E-state index in [1.165, 1.54) is 30.1 Å². The third-order valence-electron chi connectivity index (χ3n) is 3.95. The number of nitrogens with one attached hydrogen (secondary N) is 1. The number of nitrogens with zero attached hydrogens (tertiary/aromatic N) is 5. The summed E-state index contributed by atoms with van der Waals surface area (Å²) in [5.41, 5.74) is 3.75. The quantitative estimate of drug-likeness (QED) is 0.245. The van der Waals surface area contributed by atoms with E-state index in [2.05, 4.69) is 20.7 Å². The summed E-state index contributed by atoms with van der Waals surface area (Å²) in [6.45, 7) is 2.61. The molecule has 154 valence electrons. The van der Waals surface area contributed by atoms with Gasteiger partial charge >= 0.3 is 0 Å². The zero-order chi connectivity index (χ0) is 21.5. The summed E-state index contributed by atoms with van der Waals surface area (Å²) in [5.74, 6) is 0.450. The van der Waals surface area contributed by atoms with Crippen molar-refractivity contribution in [3.05, 3.63) is 69.2 Å². The number of carbonyl (C=O) groups excluding carboxylic acids is 1. The lowest BCUT2D eigenvalue weighted by Gasteiger charge is -2.07. The molecule has 0 saturated heterocycles. The molecule has 1 aromatic heterocycles. The van der Waals surface area contributed by atoms with Crippen LogP contribution in [-0.4, -0.2) is 37.6 Å². The Bertz CT molecular complexity index is 1080. The van der Waals surface area contributed by atoms with Crippen molar-refractivity contribution < 1.29 is 9.72 Å². The predicted molar refractivity (Wildman–Crippen MR) is 116 cm³/mol. The summed E-state index contributed by atoms with van der Waals surface area (Å²) in [6, 6.07) is 13.2. The Morgan fingerprint density at radius 1 is 1.30 bits per heavy atom. The van der Waals surface area contributed by atoms with Gasteiger partial charge in [-0.2, -0.15) is 5.10 Å². The second kappa shape index (κ2) is 9.99. The number of nitro benzene ring substituents is 1. The first kappa shape index (κ1) is 21.5. The number of aromatic nitrogens is 3. The maximum atomic E-state index is 12.1. The van der Waals surface area contributed by atoms with E-state index in [0.717, 1.165) is 5.56 Å². The van der Waals surface area contributed by atoms with Crippen LogP contribution in [-0.2, 0) is 11.3 Å². The van der Waals surface area contributed by atoms with Crippen LogP contribution in [0.15, 0.2) is 58.8 Å². The van der Waals surface area contributed by atoms with Gasteiger partial charge in [-0.3, -0.25) is 14.9 Å². The Morgan fingerprint density at radius 2 is 2.07 bits per heavy atom. The molecule has 1 heterocycles. The Balaban J connectivity index is 1.59. The minimum absolute atomic E-state index is 0.0452. The van der Waals surface area contributed by atoms with Gasteiger partial charge in [-0.25, -0.2) is 5.43 Å². The van der Waals surface area contributed by atoms with Gasteiger partial charge < -0.3 is 4.57 Å². The summed E-state index contributed by atoms with van der Waals surface area (Å²) >= 11 is 7.17. The second-order valence-electron chi connectivity index (χ2n) is 5.99. The molecule has 2 aromatic carbocycles. The van der Waals surface area contributed by atoms with E-state index < -0.39 is 4.92 Å². The smallest absolute Gasteiger partial charge is 0.270 e. The Kier molecular flexibility index (Phi) is 7.15. The van der Waals surface area contributed by atoms with Crippen LogP contribution in [0.1, 0.15) is 12.5 Å². The van der Waals surface area contributed by atoms with E-state index in [-0.39, 0.29) is 17.3 Å². The lowest BCUT2D eigenvalue weighted by molar-refractivity contribution is -0.384. The van der Waals surface area contributed by atoms with Crippen LogP contribution >= 0.6 is 23.4 Å². The zero-order valence-electron chi connectivity index (χ0n) is 15.9. The lowest BCUT2D eigenvalue weighted by atomic mass is 10.2. The van der Waals surface area contributed by atoms with Crippen LogP contribution in [0, 0.1) is 10.1 Å². The van der Waals surface area contributed by atoms with Gasteiger partial charge in [-0.15, -0.1) is 10.2 Å². The number of hydrogen-bond acceptors (Lipinski definition) is 7. The van der Waals surface area contributed by atoms with Gasteiger partial charge in [0.1, 0.15) is 0 Å². The normalized spacial score (nSPS) is 11.0. The highest BCUT2D eigenvalue weighted by molar-refractivity contribution is 7.99. The van der Waals surface area contributed by atoms with Crippen molar-refractivity contribution in [3.63, 3.8) is 0 Å². The minimum Gasteiger partial charge on any atom is -0.302 e. The molecule has 1 amide bonds. The van der Waals surface area contributed by atoms with Crippen molar-refractivity contribution in [2.75, 3.05) is 5.75 Å². The minimum atomic E-state index is -0.491. The molecule has 0 aliphatic carbocycles. The molecule has 3 rings (SSSR count). The Morgan fingerprint density at radius 3 is 2.77 bits per heavy atom. The summed E-state index contributed by atoms with van der Waals surface area (Å²) < 4.78 is 1.91. The van der Waals surface area contributed by atoms with Gasteiger partial charge in [0.05, 0.1) is 16.9 Å². The molecule has 0 atom stereocenters. The number of halogens is 1. The third kappa shape index (κ3) is 5.43. The van der Waals surface area contributed by atoms with Crippen molar-refractivity contribution in [2.45, 2.75) is 18.6 Å². The molecule has 0 spiro atoms. The molecule has 0 radical (unpaired) electrons. The standard InChI is InChI=1S/C19H17ClN6O3S/c1-2-25-18(14-6-8-15(20)9-7-14)23-24-19(25)30-12-17(27)22-21-11-13-4-3-5-16(10-13)26(28)29/h3-11H,2,12H2,1H3,(H,22,27)/b21-11+. The maximum absolute atomic E-state index is 12.1. The number of carbonyl (C=O) groups is 1. The van der Waals surface area contributed by atoms with Gasteiger partial charge in [-0.05, 0) is 31.2 Å². The van der Waals surface area contributed by atoms with Crippen molar-refractivity contribution in [1.29, 1.82) is 0 Å². The van der Waals surface area contributed by atoms with E-state index in [1.54, 1.807) is 24.3 Å². The molecule has 3 aromatic rings. The molecule has 1 N–H and O–H groups in total. The van der Waals surface area contributed by atoms with Gasteiger partial charge in [0.2, 0.25) is 0 Å². The van der Waals surface area contributed by atoms with Gasteiger partial charge in [0.15, 0.2) is 11.0 Å². The summed E-state index contributed by atoms with van der Waals surface area (Å²) in [4.78, 5) is 22.4. The summed E-state index contributed by atoms with van der Waals surface area (Å²) in [7, 11) is 0. The summed E-state index contributed by atoms with van der Waals surface area (Å²) in [5, 5.41) is 24.3. The van der Waals surface area contributed by atoms with Crippen LogP contribution in [0.2, 0.25) is 5.02 Å². The molecule has 0 aliphatic heterocycles. The van der Waals surface area contributed by atoms with Crippen molar-refractivity contribution in [2.24, 2.45) is 5.10 Å². The number of nitro groups is 1. The molecular formula is C19H17ClN6O3S. The predicted octanol–water partition coefficient (Wildman–Crippen LogP) is 3.77. The zero-order valence-corrected chi connectivity index (χ0v) is 17.4. The second-order valence-corrected chi connectivity index (χ2v) is 7.37. The number of rotatable bonds is 8. The number of hydrazone groups is 1. The van der Waals surface area contributed by atoms with E-state index in [0.29, 0.717) is 28.1 Å². The van der Waals surface area contributed by atoms with Crippen LogP contribution in [0.25, 0.3) is 11.4 Å². The van der Waals surface area contributed by atoms with Crippen molar-refractivity contribution in [3.8, 4) is 11.4 Å². The first-order valence-electron chi connectivity index (χ1n) is 8.86. The fourth-order valence-corrected chi connectivity index (χ4v) is 3.47. The SMILES string of the molecule is CCn1c(SCC(=O)N/N=C/c2cccc([N+](=O)[O-])c2)nnc1-c1ccc(Cl)cc1. The van der Waals surface area contributed by atoms with E-state index >= 15 is 0 Å². The van der Waals surface area contributed by atoms with Crippen LogP contribution in [0.3, 0.4) is 0 Å². The van der Waals surface area contributed by atoms with Gasteiger partial charge in [0, 0.05) is 34.8 Å². The Hall–Kier alpha value is -3.24. The fourth-order valence-electron chi connectivity index (χ4n) is 2.55. The Labute approximate surface area is 181 Å². The molecule has 11 heteroatoms. The number of benzene rings is 2. The number of amides is 1. The number of thioether (sulfide) groups is 1. The average Bonchev–Trinajstić information content (AvgIpc) is 3.16. The van der Waals surface area contributed by atoms with Crippen LogP contribution < -0.4 is 5.43 Å². The lowest BCUT2D eigenvalue weighted by Crippen LogP contribution is -2.20.